The maximum Gasteiger partial charge on any atom is 0.223 e. The third kappa shape index (κ3) is 4.17. The predicted molar refractivity (Wildman–Crippen MR) is 104 cm³/mol. The number of fused-ring (bicyclic) bond motifs is 1. The molecule has 5 heteroatoms. The first-order valence-electron chi connectivity index (χ1n) is 10.1. The SMILES string of the molecule is O=C1N[C@@H]2CCCC[C@H]2C1CCN1CCC(Oc2ccc(Cl)cc2)CC1. The van der Waals surface area contributed by atoms with E-state index in [1.54, 1.807) is 0 Å². The predicted octanol–water partition coefficient (Wildman–Crippen LogP) is 3.88. The molecular formula is C21H29ClN2O2. The van der Waals surface area contributed by atoms with E-state index in [9.17, 15) is 4.79 Å². The summed E-state index contributed by atoms with van der Waals surface area (Å²) in [5.41, 5.74) is 0. The molecule has 2 aliphatic heterocycles. The van der Waals surface area contributed by atoms with E-state index < -0.39 is 0 Å². The van der Waals surface area contributed by atoms with Gasteiger partial charge >= 0.3 is 0 Å². The highest BCUT2D eigenvalue weighted by Crippen LogP contribution is 2.37. The summed E-state index contributed by atoms with van der Waals surface area (Å²) in [6.07, 6.45) is 8.36. The highest BCUT2D eigenvalue weighted by molar-refractivity contribution is 6.30. The van der Waals surface area contributed by atoms with Crippen LogP contribution in [0.4, 0.5) is 0 Å². The maximum absolute atomic E-state index is 12.3. The third-order valence-electron chi connectivity index (χ3n) is 6.41. The molecule has 1 aromatic rings. The lowest BCUT2D eigenvalue weighted by molar-refractivity contribution is -0.123. The van der Waals surface area contributed by atoms with Gasteiger partial charge in [0.25, 0.3) is 0 Å². The second-order valence-corrected chi connectivity index (χ2v) is 8.51. The molecule has 0 bridgehead atoms. The minimum absolute atomic E-state index is 0.239. The fourth-order valence-electron chi connectivity index (χ4n) is 4.93. The van der Waals surface area contributed by atoms with Crippen LogP contribution in [0.3, 0.4) is 0 Å². The number of nitrogens with zero attached hydrogens (tertiary/aromatic N) is 1. The number of halogens is 1. The average molecular weight is 377 g/mol. The lowest BCUT2D eigenvalue weighted by atomic mass is 9.78. The molecule has 1 unspecified atom stereocenters. The number of benzene rings is 1. The van der Waals surface area contributed by atoms with Gasteiger partial charge in [0.15, 0.2) is 0 Å². The minimum Gasteiger partial charge on any atom is -0.490 e. The van der Waals surface area contributed by atoms with Gasteiger partial charge in [-0.15, -0.1) is 0 Å². The molecule has 0 aromatic heterocycles. The van der Waals surface area contributed by atoms with Crippen molar-refractivity contribution in [3.8, 4) is 5.75 Å². The molecule has 26 heavy (non-hydrogen) atoms. The first-order chi connectivity index (χ1) is 12.7. The highest BCUT2D eigenvalue weighted by atomic mass is 35.5. The Labute approximate surface area is 161 Å². The molecule has 1 saturated carbocycles. The number of carbonyl (C=O) groups is 1. The Kier molecular flexibility index (Phi) is 5.70. The van der Waals surface area contributed by atoms with Gasteiger partial charge in [0, 0.05) is 30.1 Å². The summed E-state index contributed by atoms with van der Waals surface area (Å²) in [6.45, 7) is 3.15. The molecule has 1 N–H and O–H groups in total. The van der Waals surface area contributed by atoms with E-state index in [1.807, 2.05) is 24.3 Å². The zero-order chi connectivity index (χ0) is 17.9. The van der Waals surface area contributed by atoms with Gasteiger partial charge in [-0.3, -0.25) is 4.79 Å². The van der Waals surface area contributed by atoms with Crippen LogP contribution in [0.15, 0.2) is 24.3 Å². The molecule has 0 radical (unpaired) electrons. The molecule has 4 nitrogen and oxygen atoms in total. The second kappa shape index (κ2) is 8.18. The zero-order valence-electron chi connectivity index (χ0n) is 15.3. The molecule has 3 aliphatic rings. The van der Waals surface area contributed by atoms with Crippen molar-refractivity contribution in [3.05, 3.63) is 29.3 Å². The molecule has 2 heterocycles. The van der Waals surface area contributed by atoms with Crippen molar-refractivity contribution in [2.24, 2.45) is 11.8 Å². The molecule has 2 saturated heterocycles. The van der Waals surface area contributed by atoms with E-state index in [0.29, 0.717) is 17.9 Å². The zero-order valence-corrected chi connectivity index (χ0v) is 16.1. The van der Waals surface area contributed by atoms with Gasteiger partial charge in [0.2, 0.25) is 5.91 Å². The molecule has 3 fully saturated rings. The summed E-state index contributed by atoms with van der Waals surface area (Å²) >= 11 is 5.92. The van der Waals surface area contributed by atoms with Crippen LogP contribution >= 0.6 is 11.6 Å². The van der Waals surface area contributed by atoms with Gasteiger partial charge in [-0.1, -0.05) is 24.4 Å². The fraction of sp³-hybridized carbons (Fsp3) is 0.667. The van der Waals surface area contributed by atoms with Crippen LogP contribution in [0.2, 0.25) is 5.02 Å². The first kappa shape index (κ1) is 18.1. The van der Waals surface area contributed by atoms with Crippen LogP contribution in [0.25, 0.3) is 0 Å². The first-order valence-corrected chi connectivity index (χ1v) is 10.5. The normalized spacial score (nSPS) is 30.0. The summed E-state index contributed by atoms with van der Waals surface area (Å²) in [5.74, 6) is 2.03. The lowest BCUT2D eigenvalue weighted by Crippen LogP contribution is -2.39. The van der Waals surface area contributed by atoms with E-state index in [-0.39, 0.29) is 12.0 Å². The van der Waals surface area contributed by atoms with E-state index in [4.69, 9.17) is 16.3 Å². The number of ether oxygens (including phenoxy) is 1. The van der Waals surface area contributed by atoms with Crippen molar-refractivity contribution in [1.29, 1.82) is 0 Å². The van der Waals surface area contributed by atoms with Gasteiger partial charge in [-0.05, 0) is 68.8 Å². The molecule has 1 amide bonds. The lowest BCUT2D eigenvalue weighted by Gasteiger charge is -2.33. The van der Waals surface area contributed by atoms with Crippen LogP contribution in [-0.2, 0) is 4.79 Å². The summed E-state index contributed by atoms with van der Waals surface area (Å²) in [6, 6.07) is 8.08. The number of amides is 1. The van der Waals surface area contributed by atoms with Crippen molar-refractivity contribution in [2.75, 3.05) is 19.6 Å². The molecule has 1 aromatic carbocycles. The number of piperidine rings is 1. The average Bonchev–Trinajstić information content (AvgIpc) is 2.98. The Morgan fingerprint density at radius 1 is 1.08 bits per heavy atom. The number of carbonyl (C=O) groups excluding carboxylic acids is 1. The Morgan fingerprint density at radius 3 is 2.58 bits per heavy atom. The standard InChI is InChI=1S/C21H29ClN2O2/c22-15-5-7-16(8-6-15)26-17-9-12-24(13-10-17)14-11-19-18-3-1-2-4-20(18)23-21(19)25/h5-8,17-20H,1-4,9-14H2,(H,23,25)/t18-,19?,20+/m0/s1. The quantitative estimate of drug-likeness (QED) is 0.847. The van der Waals surface area contributed by atoms with E-state index in [2.05, 4.69) is 10.2 Å². The van der Waals surface area contributed by atoms with Crippen LogP contribution in [0.1, 0.15) is 44.9 Å². The van der Waals surface area contributed by atoms with Crippen LogP contribution in [-0.4, -0.2) is 42.6 Å². The fourth-order valence-corrected chi connectivity index (χ4v) is 5.05. The monoisotopic (exact) mass is 376 g/mol. The topological polar surface area (TPSA) is 41.6 Å². The van der Waals surface area contributed by atoms with Gasteiger partial charge in [0.05, 0.1) is 0 Å². The van der Waals surface area contributed by atoms with Crippen LogP contribution in [0, 0.1) is 11.8 Å². The Balaban J connectivity index is 1.21. The second-order valence-electron chi connectivity index (χ2n) is 8.07. The molecule has 1 aliphatic carbocycles. The molecule has 3 atom stereocenters. The van der Waals surface area contributed by atoms with Gasteiger partial charge in [0.1, 0.15) is 11.9 Å². The molecule has 0 spiro atoms. The third-order valence-corrected chi connectivity index (χ3v) is 6.66. The van der Waals surface area contributed by atoms with Crippen molar-refractivity contribution >= 4 is 17.5 Å². The summed E-state index contributed by atoms with van der Waals surface area (Å²) in [5, 5.41) is 3.98. The largest absolute Gasteiger partial charge is 0.490 e. The molecule has 142 valence electrons. The Hall–Kier alpha value is -1.26. The highest BCUT2D eigenvalue weighted by Gasteiger charge is 2.42. The minimum atomic E-state index is 0.239. The number of hydrogen-bond acceptors (Lipinski definition) is 3. The maximum atomic E-state index is 12.3. The van der Waals surface area contributed by atoms with Gasteiger partial charge in [-0.25, -0.2) is 0 Å². The number of hydrogen-bond donors (Lipinski definition) is 1. The smallest absolute Gasteiger partial charge is 0.223 e. The van der Waals surface area contributed by atoms with Crippen molar-refractivity contribution in [1.82, 2.24) is 10.2 Å². The van der Waals surface area contributed by atoms with Crippen LogP contribution in [0.5, 0.6) is 5.75 Å². The molecule has 4 rings (SSSR count). The summed E-state index contributed by atoms with van der Waals surface area (Å²) < 4.78 is 6.07. The van der Waals surface area contributed by atoms with E-state index >= 15 is 0 Å². The van der Waals surface area contributed by atoms with Gasteiger partial charge < -0.3 is 15.0 Å². The molecular weight excluding hydrogens is 348 g/mol. The van der Waals surface area contributed by atoms with E-state index in [1.165, 1.54) is 25.7 Å². The Bertz CT molecular complexity index is 613. The number of rotatable bonds is 5. The number of nitrogens with one attached hydrogen (secondary N) is 1. The summed E-state index contributed by atoms with van der Waals surface area (Å²) in [4.78, 5) is 14.8. The van der Waals surface area contributed by atoms with Crippen molar-refractivity contribution < 1.29 is 9.53 Å². The summed E-state index contributed by atoms with van der Waals surface area (Å²) in [7, 11) is 0. The van der Waals surface area contributed by atoms with Crippen LogP contribution < -0.4 is 10.1 Å². The van der Waals surface area contributed by atoms with Crippen molar-refractivity contribution in [2.45, 2.75) is 57.1 Å². The van der Waals surface area contributed by atoms with Gasteiger partial charge in [-0.2, -0.15) is 0 Å². The Morgan fingerprint density at radius 2 is 1.81 bits per heavy atom. The van der Waals surface area contributed by atoms with E-state index in [0.717, 1.165) is 49.7 Å². The number of likely N-dealkylation sites (tertiary alicyclic amines) is 1. The van der Waals surface area contributed by atoms with Crippen molar-refractivity contribution in [3.63, 3.8) is 0 Å².